The summed E-state index contributed by atoms with van der Waals surface area (Å²) < 4.78 is 10.8. The largest absolute Gasteiger partial charge is 0.467 e. The number of thioether (sulfide) groups is 1. The van der Waals surface area contributed by atoms with Crippen LogP contribution in [-0.4, -0.2) is 60.8 Å². The van der Waals surface area contributed by atoms with Gasteiger partial charge in [-0.15, -0.1) is 0 Å². The number of ether oxygens (including phenoxy) is 1. The van der Waals surface area contributed by atoms with E-state index in [9.17, 15) is 4.79 Å². The molecule has 1 aromatic rings. The van der Waals surface area contributed by atoms with Gasteiger partial charge in [0.25, 0.3) is 0 Å². The van der Waals surface area contributed by atoms with Crippen molar-refractivity contribution in [2.45, 2.75) is 24.9 Å². The second kappa shape index (κ2) is 7.59. The van der Waals surface area contributed by atoms with Gasteiger partial charge in [-0.25, -0.2) is 4.79 Å². The normalized spacial score (nSPS) is 26.8. The van der Waals surface area contributed by atoms with E-state index in [1.54, 1.807) is 6.26 Å². The Hall–Kier alpha value is -1.18. The molecular formula is C16H25N3O3S. The molecule has 0 radical (unpaired) electrons. The lowest BCUT2D eigenvalue weighted by molar-refractivity contribution is -0.0124. The first-order valence-electron chi connectivity index (χ1n) is 8.18. The summed E-state index contributed by atoms with van der Waals surface area (Å²) in [5.41, 5.74) is 0.0692. The highest BCUT2D eigenvalue weighted by Gasteiger charge is 2.40. The molecule has 23 heavy (non-hydrogen) atoms. The van der Waals surface area contributed by atoms with Crippen LogP contribution in [0, 0.1) is 0 Å². The first kappa shape index (κ1) is 16.7. The first-order valence-corrected chi connectivity index (χ1v) is 9.33. The molecule has 0 unspecified atom stereocenters. The molecule has 2 fully saturated rings. The number of nitrogens with one attached hydrogen (secondary N) is 2. The summed E-state index contributed by atoms with van der Waals surface area (Å²) in [4.78, 5) is 14.7. The summed E-state index contributed by atoms with van der Waals surface area (Å²) in [6, 6.07) is 3.42. The van der Waals surface area contributed by atoms with Crippen LogP contribution in [-0.2, 0) is 4.74 Å². The summed E-state index contributed by atoms with van der Waals surface area (Å²) in [5.74, 6) is 2.99. The maximum absolute atomic E-state index is 12.2. The van der Waals surface area contributed by atoms with E-state index in [-0.39, 0.29) is 17.6 Å². The number of carbonyl (C=O) groups excluding carboxylic acids is 1. The zero-order valence-corrected chi connectivity index (χ0v) is 14.4. The van der Waals surface area contributed by atoms with Gasteiger partial charge in [-0.1, -0.05) is 0 Å². The molecular weight excluding hydrogens is 314 g/mol. The Kier molecular flexibility index (Phi) is 5.50. The van der Waals surface area contributed by atoms with Crippen LogP contribution in [0.2, 0.25) is 0 Å². The summed E-state index contributed by atoms with van der Waals surface area (Å²) in [7, 11) is 0. The van der Waals surface area contributed by atoms with Crippen LogP contribution in [0.4, 0.5) is 4.79 Å². The van der Waals surface area contributed by atoms with Crippen molar-refractivity contribution >= 4 is 17.8 Å². The van der Waals surface area contributed by atoms with Gasteiger partial charge in [0.2, 0.25) is 0 Å². The third-order valence-corrected chi connectivity index (χ3v) is 5.89. The number of carbonyl (C=O) groups is 1. The Morgan fingerprint density at radius 2 is 2.30 bits per heavy atom. The molecule has 2 saturated heterocycles. The molecule has 0 spiro atoms. The van der Waals surface area contributed by atoms with E-state index in [0.717, 1.165) is 50.0 Å². The van der Waals surface area contributed by atoms with Crippen LogP contribution in [0.25, 0.3) is 0 Å². The zero-order chi connectivity index (χ0) is 16.1. The number of nitrogens with zero attached hydrogens (tertiary/aromatic N) is 1. The Bertz CT molecular complexity index is 497. The Labute approximate surface area is 141 Å². The number of hydrogen-bond donors (Lipinski definition) is 2. The molecule has 3 rings (SSSR count). The van der Waals surface area contributed by atoms with E-state index < -0.39 is 0 Å². The van der Waals surface area contributed by atoms with Gasteiger partial charge in [0.1, 0.15) is 5.76 Å². The maximum Gasteiger partial charge on any atom is 0.315 e. The maximum atomic E-state index is 12.2. The molecule has 3 heterocycles. The van der Waals surface area contributed by atoms with Crippen molar-refractivity contribution in [1.82, 2.24) is 15.5 Å². The van der Waals surface area contributed by atoms with Crippen molar-refractivity contribution in [1.29, 1.82) is 0 Å². The average molecular weight is 339 g/mol. The number of furan rings is 1. The number of rotatable bonds is 5. The molecule has 2 atom stereocenters. The van der Waals surface area contributed by atoms with Crippen molar-refractivity contribution in [3.05, 3.63) is 24.2 Å². The molecule has 0 saturated carbocycles. The van der Waals surface area contributed by atoms with E-state index in [0.29, 0.717) is 6.54 Å². The van der Waals surface area contributed by atoms with Crippen molar-refractivity contribution in [3.63, 3.8) is 0 Å². The second-order valence-corrected chi connectivity index (χ2v) is 7.30. The Morgan fingerprint density at radius 1 is 1.48 bits per heavy atom. The van der Waals surface area contributed by atoms with Crippen molar-refractivity contribution in [3.8, 4) is 0 Å². The van der Waals surface area contributed by atoms with Crippen LogP contribution in [0.15, 0.2) is 22.8 Å². The fraction of sp³-hybridized carbons (Fsp3) is 0.688. The molecule has 2 aliphatic rings. The summed E-state index contributed by atoms with van der Waals surface area (Å²) >= 11 is 1.97. The van der Waals surface area contributed by atoms with Gasteiger partial charge in [0, 0.05) is 30.9 Å². The number of urea groups is 1. The summed E-state index contributed by atoms with van der Waals surface area (Å²) in [6.07, 6.45) is 2.74. The van der Waals surface area contributed by atoms with Gasteiger partial charge in [-0.05, 0) is 31.2 Å². The smallest absolute Gasteiger partial charge is 0.315 e. The fourth-order valence-electron chi connectivity index (χ4n) is 3.24. The highest BCUT2D eigenvalue weighted by atomic mass is 32.2. The molecule has 0 bridgehead atoms. The minimum atomic E-state index is -0.140. The van der Waals surface area contributed by atoms with Crippen LogP contribution >= 0.6 is 11.8 Å². The first-order chi connectivity index (χ1) is 11.2. The van der Waals surface area contributed by atoms with Gasteiger partial charge in [0.05, 0.1) is 25.5 Å². The number of amides is 2. The van der Waals surface area contributed by atoms with Gasteiger partial charge in [-0.3, -0.25) is 4.90 Å². The topological polar surface area (TPSA) is 66.7 Å². The van der Waals surface area contributed by atoms with E-state index in [1.165, 1.54) is 0 Å². The molecule has 2 aliphatic heterocycles. The SMILES string of the molecule is C[C@H](NC(=O)NC[C@]1(N2CCOCC2)CCSC1)c1ccco1. The second-order valence-electron chi connectivity index (χ2n) is 6.19. The molecule has 6 nitrogen and oxygen atoms in total. The standard InChI is InChI=1S/C16H25N3O3S/c1-13(14-3-2-7-22-14)18-15(20)17-11-16(4-10-23-12-16)19-5-8-21-9-6-19/h2-3,7,13H,4-6,8-12H2,1H3,(H2,17,18,20)/t13-,16+/m0/s1. The van der Waals surface area contributed by atoms with Gasteiger partial charge < -0.3 is 19.8 Å². The summed E-state index contributed by atoms with van der Waals surface area (Å²) in [5, 5.41) is 6.00. The Morgan fingerprint density at radius 3 is 2.96 bits per heavy atom. The van der Waals surface area contributed by atoms with Crippen molar-refractivity contribution < 1.29 is 13.9 Å². The minimum Gasteiger partial charge on any atom is -0.467 e. The third kappa shape index (κ3) is 4.02. The van der Waals surface area contributed by atoms with Gasteiger partial charge >= 0.3 is 6.03 Å². The van der Waals surface area contributed by atoms with E-state index >= 15 is 0 Å². The molecule has 7 heteroatoms. The monoisotopic (exact) mass is 339 g/mol. The highest BCUT2D eigenvalue weighted by molar-refractivity contribution is 7.99. The van der Waals surface area contributed by atoms with Crippen molar-refractivity contribution in [2.24, 2.45) is 0 Å². The number of morpholine rings is 1. The highest BCUT2D eigenvalue weighted by Crippen LogP contribution is 2.33. The lowest BCUT2D eigenvalue weighted by Gasteiger charge is -2.43. The fourth-order valence-corrected chi connectivity index (χ4v) is 4.71. The van der Waals surface area contributed by atoms with E-state index in [2.05, 4.69) is 15.5 Å². The molecule has 2 N–H and O–H groups in total. The summed E-state index contributed by atoms with van der Waals surface area (Å²) in [6.45, 7) is 6.07. The minimum absolute atomic E-state index is 0.0692. The van der Waals surface area contributed by atoms with Crippen LogP contribution in [0.3, 0.4) is 0 Å². The molecule has 1 aromatic heterocycles. The van der Waals surface area contributed by atoms with Crippen LogP contribution in [0.1, 0.15) is 25.1 Å². The predicted octanol–water partition coefficient (Wildman–Crippen LogP) is 1.85. The average Bonchev–Trinajstić information content (AvgIpc) is 3.26. The van der Waals surface area contributed by atoms with Gasteiger partial charge in [-0.2, -0.15) is 11.8 Å². The van der Waals surface area contributed by atoms with E-state index in [1.807, 2.05) is 30.8 Å². The lowest BCUT2D eigenvalue weighted by atomic mass is 9.95. The molecule has 2 amide bonds. The van der Waals surface area contributed by atoms with Gasteiger partial charge in [0.15, 0.2) is 0 Å². The quantitative estimate of drug-likeness (QED) is 0.857. The number of hydrogen-bond acceptors (Lipinski definition) is 5. The van der Waals surface area contributed by atoms with Crippen molar-refractivity contribution in [2.75, 3.05) is 44.4 Å². The zero-order valence-electron chi connectivity index (χ0n) is 13.5. The predicted molar refractivity (Wildman–Crippen MR) is 90.7 cm³/mol. The Balaban J connectivity index is 1.53. The molecule has 0 aromatic carbocycles. The lowest BCUT2D eigenvalue weighted by Crippen LogP contribution is -2.59. The third-order valence-electron chi connectivity index (χ3n) is 4.66. The molecule has 128 valence electrons. The van der Waals surface area contributed by atoms with Crippen LogP contribution < -0.4 is 10.6 Å². The molecule has 0 aliphatic carbocycles. The van der Waals surface area contributed by atoms with E-state index in [4.69, 9.17) is 9.15 Å². The van der Waals surface area contributed by atoms with Crippen LogP contribution in [0.5, 0.6) is 0 Å².